The van der Waals surface area contributed by atoms with Crippen molar-refractivity contribution in [2.75, 3.05) is 13.7 Å². The largest absolute Gasteiger partial charge is 0.496 e. The Hall–Kier alpha value is -2.29. The number of carboxylic acids is 1. The van der Waals surface area contributed by atoms with E-state index in [1.807, 2.05) is 12.1 Å². The van der Waals surface area contributed by atoms with Crippen molar-refractivity contribution < 1.29 is 32.6 Å². The van der Waals surface area contributed by atoms with E-state index in [9.17, 15) is 18.0 Å². The number of benzene rings is 1. The van der Waals surface area contributed by atoms with Gasteiger partial charge in [-0.1, -0.05) is 25.1 Å². The Morgan fingerprint density at radius 3 is 2.52 bits per heavy atom. The van der Waals surface area contributed by atoms with Gasteiger partial charge in [0.15, 0.2) is 0 Å². The number of halogens is 3. The highest BCUT2D eigenvalue weighted by atomic mass is 19.4. The Morgan fingerprint density at radius 2 is 2.00 bits per heavy atom. The molecule has 6 nitrogen and oxygen atoms in total. The maximum atomic E-state index is 11.8. The third kappa shape index (κ3) is 5.62. The van der Waals surface area contributed by atoms with Crippen LogP contribution in [0.5, 0.6) is 5.75 Å². The molecule has 0 bridgehead atoms. The summed E-state index contributed by atoms with van der Waals surface area (Å²) in [4.78, 5) is 23.2. The normalized spacial score (nSPS) is 24.6. The molecule has 2 aliphatic rings. The number of amides is 1. The van der Waals surface area contributed by atoms with Crippen LogP contribution in [0.2, 0.25) is 0 Å². The molecule has 0 aromatic heterocycles. The molecule has 1 amide bonds. The first kappa shape index (κ1) is 23.0. The number of methoxy groups -OCH3 is 1. The molecule has 0 aliphatic carbocycles. The minimum absolute atomic E-state index is 0.00784. The summed E-state index contributed by atoms with van der Waals surface area (Å²) in [6.07, 6.45) is -0.104. The zero-order chi connectivity index (χ0) is 21.7. The number of rotatable bonds is 4. The van der Waals surface area contributed by atoms with E-state index < -0.39 is 12.1 Å². The van der Waals surface area contributed by atoms with Crippen molar-refractivity contribution >= 4 is 11.9 Å². The van der Waals surface area contributed by atoms with Crippen LogP contribution >= 0.6 is 0 Å². The Morgan fingerprint density at radius 1 is 1.34 bits per heavy atom. The number of para-hydroxylation sites is 1. The van der Waals surface area contributed by atoms with Crippen molar-refractivity contribution in [2.45, 2.75) is 63.3 Å². The number of hydrogen-bond acceptors (Lipinski definition) is 4. The number of piperidine rings is 1. The fourth-order valence-electron chi connectivity index (χ4n) is 4.34. The summed E-state index contributed by atoms with van der Waals surface area (Å²) in [6.45, 7) is 4.21. The fraction of sp³-hybridized carbons (Fsp3) is 0.600. The second-order valence-electron chi connectivity index (χ2n) is 7.32. The van der Waals surface area contributed by atoms with Crippen LogP contribution in [0.15, 0.2) is 24.3 Å². The summed E-state index contributed by atoms with van der Waals surface area (Å²) in [5.74, 6) is -1.59. The molecule has 0 unspecified atom stereocenters. The SMILES string of the molecule is CC[C@@H]1N(Cc2ccccc2OC)CCC[C@]12CCC(=O)N2.O=C(O)C(F)(F)F. The average molecular weight is 416 g/mol. The number of ether oxygens (including phenoxy) is 1. The number of carbonyl (C=O) groups excluding carboxylic acids is 1. The van der Waals surface area contributed by atoms with Crippen LogP contribution < -0.4 is 10.1 Å². The Labute approximate surface area is 168 Å². The summed E-state index contributed by atoms with van der Waals surface area (Å²) in [7, 11) is 1.73. The van der Waals surface area contributed by atoms with Crippen molar-refractivity contribution in [1.29, 1.82) is 0 Å². The van der Waals surface area contributed by atoms with Gasteiger partial charge < -0.3 is 15.2 Å². The molecule has 2 saturated heterocycles. The maximum absolute atomic E-state index is 11.8. The first-order valence-electron chi connectivity index (χ1n) is 9.60. The van der Waals surface area contributed by atoms with Gasteiger partial charge in [-0.25, -0.2) is 4.79 Å². The summed E-state index contributed by atoms with van der Waals surface area (Å²) in [5, 5.41) is 10.4. The van der Waals surface area contributed by atoms with Gasteiger partial charge in [0.1, 0.15) is 5.75 Å². The van der Waals surface area contributed by atoms with E-state index in [0.29, 0.717) is 12.5 Å². The zero-order valence-corrected chi connectivity index (χ0v) is 16.6. The Balaban J connectivity index is 0.000000370. The van der Waals surface area contributed by atoms with Gasteiger partial charge in [0.05, 0.1) is 12.6 Å². The van der Waals surface area contributed by atoms with Crippen molar-refractivity contribution in [1.82, 2.24) is 10.2 Å². The number of carboxylic acid groups (broad SMARTS) is 1. The topological polar surface area (TPSA) is 78.9 Å². The van der Waals surface area contributed by atoms with Crippen molar-refractivity contribution in [3.63, 3.8) is 0 Å². The number of nitrogens with one attached hydrogen (secondary N) is 1. The van der Waals surface area contributed by atoms with Crippen LogP contribution in [0.3, 0.4) is 0 Å². The molecule has 1 aromatic rings. The minimum atomic E-state index is -5.08. The number of nitrogens with zero attached hydrogens (tertiary/aromatic N) is 1. The van der Waals surface area contributed by atoms with Gasteiger partial charge in [-0.05, 0) is 38.3 Å². The van der Waals surface area contributed by atoms with E-state index in [-0.39, 0.29) is 11.4 Å². The van der Waals surface area contributed by atoms with Gasteiger partial charge in [-0.15, -0.1) is 0 Å². The molecule has 1 aromatic carbocycles. The quantitative estimate of drug-likeness (QED) is 0.787. The molecule has 2 aliphatic heterocycles. The van der Waals surface area contributed by atoms with Crippen LogP contribution in [0.25, 0.3) is 0 Å². The minimum Gasteiger partial charge on any atom is -0.496 e. The van der Waals surface area contributed by atoms with Crippen LogP contribution in [0, 0.1) is 0 Å². The van der Waals surface area contributed by atoms with E-state index in [2.05, 4.69) is 29.3 Å². The summed E-state index contributed by atoms with van der Waals surface area (Å²) in [6, 6.07) is 8.65. The first-order valence-corrected chi connectivity index (χ1v) is 9.60. The van der Waals surface area contributed by atoms with Crippen LogP contribution in [0.4, 0.5) is 13.2 Å². The van der Waals surface area contributed by atoms with Crippen molar-refractivity contribution in [2.24, 2.45) is 0 Å². The van der Waals surface area contributed by atoms with E-state index in [1.54, 1.807) is 7.11 Å². The third-order valence-electron chi connectivity index (χ3n) is 5.53. The average Bonchev–Trinajstić information content (AvgIpc) is 3.03. The van der Waals surface area contributed by atoms with Gasteiger partial charge in [-0.3, -0.25) is 9.69 Å². The van der Waals surface area contributed by atoms with Crippen molar-refractivity contribution in [3.05, 3.63) is 29.8 Å². The van der Waals surface area contributed by atoms with Crippen LogP contribution in [0.1, 0.15) is 44.6 Å². The summed E-state index contributed by atoms with van der Waals surface area (Å²) >= 11 is 0. The molecular weight excluding hydrogens is 389 g/mol. The zero-order valence-electron chi connectivity index (χ0n) is 16.6. The van der Waals surface area contributed by atoms with Gasteiger partial charge in [0, 0.05) is 24.6 Å². The summed E-state index contributed by atoms with van der Waals surface area (Å²) in [5.41, 5.74) is 1.22. The number of alkyl halides is 3. The molecule has 2 N–H and O–H groups in total. The number of hydrogen-bond donors (Lipinski definition) is 2. The highest BCUT2D eigenvalue weighted by Crippen LogP contribution is 2.38. The molecule has 1 spiro atoms. The molecule has 2 fully saturated rings. The lowest BCUT2D eigenvalue weighted by atomic mass is 9.78. The predicted molar refractivity (Wildman–Crippen MR) is 101 cm³/mol. The number of likely N-dealkylation sites (tertiary alicyclic amines) is 1. The smallest absolute Gasteiger partial charge is 0.490 e. The van der Waals surface area contributed by atoms with Gasteiger partial charge >= 0.3 is 12.1 Å². The second-order valence-corrected chi connectivity index (χ2v) is 7.32. The maximum Gasteiger partial charge on any atom is 0.490 e. The first-order chi connectivity index (χ1) is 13.6. The van der Waals surface area contributed by atoms with Crippen molar-refractivity contribution in [3.8, 4) is 5.75 Å². The lowest BCUT2D eigenvalue weighted by Gasteiger charge is -2.48. The van der Waals surface area contributed by atoms with E-state index in [4.69, 9.17) is 14.6 Å². The fourth-order valence-corrected chi connectivity index (χ4v) is 4.34. The van der Waals surface area contributed by atoms with E-state index in [0.717, 1.165) is 44.5 Å². The molecule has 2 atom stereocenters. The molecular formula is C20H27F3N2O4. The molecule has 0 radical (unpaired) electrons. The molecule has 9 heteroatoms. The second kappa shape index (κ2) is 9.47. The molecule has 3 rings (SSSR count). The molecule has 29 heavy (non-hydrogen) atoms. The lowest BCUT2D eigenvalue weighted by Crippen LogP contribution is -2.61. The van der Waals surface area contributed by atoms with Gasteiger partial charge in [-0.2, -0.15) is 13.2 Å². The van der Waals surface area contributed by atoms with Crippen LogP contribution in [-0.2, 0) is 16.1 Å². The summed E-state index contributed by atoms with van der Waals surface area (Å²) < 4.78 is 37.2. The van der Waals surface area contributed by atoms with Gasteiger partial charge in [0.2, 0.25) is 5.91 Å². The standard InChI is InChI=1S/C18H26N2O2.C2HF3O2/c1-3-16-18(11-9-17(21)19-18)10-6-12-20(16)13-14-7-4-5-8-15(14)22-2;3-2(4,5)1(6)7/h4-5,7-8,16H,3,6,9-13H2,1-2H3,(H,19,21);(H,6,7)/t16-,18-;/m0./s1. The monoisotopic (exact) mass is 416 g/mol. The number of carbonyl (C=O) groups is 2. The van der Waals surface area contributed by atoms with E-state index in [1.165, 1.54) is 5.56 Å². The van der Waals surface area contributed by atoms with E-state index >= 15 is 0 Å². The third-order valence-corrected chi connectivity index (χ3v) is 5.53. The molecule has 162 valence electrons. The Bertz CT molecular complexity index is 726. The highest BCUT2D eigenvalue weighted by Gasteiger charge is 2.47. The lowest BCUT2D eigenvalue weighted by molar-refractivity contribution is -0.192. The van der Waals surface area contributed by atoms with Gasteiger partial charge in [0.25, 0.3) is 0 Å². The number of aliphatic carboxylic acids is 1. The molecule has 2 heterocycles. The molecule has 0 saturated carbocycles. The highest BCUT2D eigenvalue weighted by molar-refractivity contribution is 5.79. The van der Waals surface area contributed by atoms with Crippen LogP contribution in [-0.4, -0.2) is 53.3 Å². The predicted octanol–water partition coefficient (Wildman–Crippen LogP) is 3.35. The Kier molecular flexibility index (Phi) is 7.51.